The molecule has 1 saturated heterocycles. The van der Waals surface area contributed by atoms with E-state index in [1.807, 2.05) is 6.07 Å². The second kappa shape index (κ2) is 4.74. The summed E-state index contributed by atoms with van der Waals surface area (Å²) in [6.07, 6.45) is 2.53. The highest BCUT2D eigenvalue weighted by atomic mass is 16.5. The van der Waals surface area contributed by atoms with Crippen molar-refractivity contribution in [2.75, 3.05) is 33.0 Å². The van der Waals surface area contributed by atoms with Gasteiger partial charge in [-0.05, 0) is 50.0 Å². The van der Waals surface area contributed by atoms with Gasteiger partial charge in [0, 0.05) is 6.54 Å². The van der Waals surface area contributed by atoms with E-state index in [0.29, 0.717) is 5.92 Å². The van der Waals surface area contributed by atoms with Crippen LogP contribution >= 0.6 is 0 Å². The average Bonchev–Trinajstić information content (AvgIpc) is 2.29. The zero-order valence-corrected chi connectivity index (χ0v) is 10.1. The monoisotopic (exact) mass is 220 g/mol. The summed E-state index contributed by atoms with van der Waals surface area (Å²) in [4.78, 5) is 2.39. The second-order valence-electron chi connectivity index (χ2n) is 4.60. The summed E-state index contributed by atoms with van der Waals surface area (Å²) in [6, 6.07) is 6.16. The van der Waals surface area contributed by atoms with E-state index in [1.165, 1.54) is 24.9 Å². The molecule has 3 nitrogen and oxygen atoms in total. The van der Waals surface area contributed by atoms with Gasteiger partial charge in [-0.1, -0.05) is 6.07 Å². The molecule has 88 valence electrons. The quantitative estimate of drug-likeness (QED) is 0.776. The molecular weight excluding hydrogens is 200 g/mol. The molecule has 0 bridgehead atoms. The Bertz CT molecular complexity index is 365. The summed E-state index contributed by atoms with van der Waals surface area (Å²) in [5, 5.41) is 0. The molecule has 0 aliphatic carbocycles. The van der Waals surface area contributed by atoms with Crippen LogP contribution in [-0.4, -0.2) is 32.1 Å². The molecule has 1 heterocycles. The van der Waals surface area contributed by atoms with Crippen molar-refractivity contribution in [3.05, 3.63) is 23.8 Å². The molecular formula is C13H20N2O. The molecule has 16 heavy (non-hydrogen) atoms. The van der Waals surface area contributed by atoms with Gasteiger partial charge in [-0.3, -0.25) is 0 Å². The molecule has 0 spiro atoms. The van der Waals surface area contributed by atoms with Gasteiger partial charge in [0.15, 0.2) is 0 Å². The van der Waals surface area contributed by atoms with Gasteiger partial charge in [-0.15, -0.1) is 0 Å². The Morgan fingerprint density at radius 3 is 2.94 bits per heavy atom. The molecule has 0 saturated carbocycles. The Morgan fingerprint density at radius 2 is 2.25 bits per heavy atom. The summed E-state index contributed by atoms with van der Waals surface area (Å²) >= 11 is 0. The maximum absolute atomic E-state index is 5.82. The smallest absolute Gasteiger partial charge is 0.142 e. The van der Waals surface area contributed by atoms with Crippen molar-refractivity contribution in [2.45, 2.75) is 18.8 Å². The highest BCUT2D eigenvalue weighted by molar-refractivity contribution is 5.54. The van der Waals surface area contributed by atoms with E-state index < -0.39 is 0 Å². The van der Waals surface area contributed by atoms with Gasteiger partial charge in [0.25, 0.3) is 0 Å². The van der Waals surface area contributed by atoms with Crippen molar-refractivity contribution in [3.8, 4) is 5.75 Å². The predicted molar refractivity (Wildman–Crippen MR) is 66.9 cm³/mol. The van der Waals surface area contributed by atoms with Crippen molar-refractivity contribution in [1.82, 2.24) is 4.90 Å². The maximum atomic E-state index is 5.82. The zero-order chi connectivity index (χ0) is 11.5. The largest absolute Gasteiger partial charge is 0.495 e. The number of nitrogen functional groups attached to an aromatic ring is 1. The first-order valence-electron chi connectivity index (χ1n) is 5.82. The Morgan fingerprint density at radius 1 is 1.44 bits per heavy atom. The first-order chi connectivity index (χ1) is 7.70. The minimum Gasteiger partial charge on any atom is -0.495 e. The van der Waals surface area contributed by atoms with E-state index in [1.54, 1.807) is 7.11 Å². The number of anilines is 1. The fourth-order valence-electron chi connectivity index (χ4n) is 2.42. The summed E-state index contributed by atoms with van der Waals surface area (Å²) in [5.74, 6) is 1.42. The predicted octanol–water partition coefficient (Wildman–Crippen LogP) is 2.09. The summed E-state index contributed by atoms with van der Waals surface area (Å²) in [5.41, 5.74) is 7.88. The Kier molecular flexibility index (Phi) is 3.34. The van der Waals surface area contributed by atoms with Gasteiger partial charge in [-0.25, -0.2) is 0 Å². The molecule has 2 N–H and O–H groups in total. The standard InChI is InChI=1S/C13H20N2O/c1-15-7-3-4-11(9-15)10-5-6-12(14)13(8-10)16-2/h5-6,8,11H,3-4,7,9,14H2,1-2H3/t11-/m0/s1. The summed E-state index contributed by atoms with van der Waals surface area (Å²) in [7, 11) is 3.85. The Labute approximate surface area is 97.2 Å². The van der Waals surface area contributed by atoms with Crippen molar-refractivity contribution < 1.29 is 4.74 Å². The number of hydrogen-bond acceptors (Lipinski definition) is 3. The highest BCUT2D eigenvalue weighted by Crippen LogP contribution is 2.31. The van der Waals surface area contributed by atoms with Crippen LogP contribution in [0.15, 0.2) is 18.2 Å². The van der Waals surface area contributed by atoms with Crippen LogP contribution in [0, 0.1) is 0 Å². The van der Waals surface area contributed by atoms with Crippen LogP contribution in [0.25, 0.3) is 0 Å². The van der Waals surface area contributed by atoms with Crippen LogP contribution in [0.4, 0.5) is 5.69 Å². The first-order valence-corrected chi connectivity index (χ1v) is 5.82. The lowest BCUT2D eigenvalue weighted by atomic mass is 9.90. The number of nitrogens with zero attached hydrogens (tertiary/aromatic N) is 1. The van der Waals surface area contributed by atoms with Gasteiger partial charge in [-0.2, -0.15) is 0 Å². The van der Waals surface area contributed by atoms with Crippen molar-refractivity contribution in [2.24, 2.45) is 0 Å². The molecule has 0 aromatic heterocycles. The van der Waals surface area contributed by atoms with E-state index in [4.69, 9.17) is 10.5 Å². The molecule has 0 radical (unpaired) electrons. The summed E-state index contributed by atoms with van der Waals surface area (Å²) in [6.45, 7) is 2.34. The number of piperidine rings is 1. The first kappa shape index (κ1) is 11.3. The zero-order valence-electron chi connectivity index (χ0n) is 10.1. The molecule has 0 unspecified atom stereocenters. The van der Waals surface area contributed by atoms with E-state index in [9.17, 15) is 0 Å². The van der Waals surface area contributed by atoms with Crippen molar-refractivity contribution in [3.63, 3.8) is 0 Å². The minimum absolute atomic E-state index is 0.619. The molecule has 1 aromatic carbocycles. The van der Waals surface area contributed by atoms with Crippen LogP contribution in [0.1, 0.15) is 24.3 Å². The van der Waals surface area contributed by atoms with Crippen LogP contribution in [0.2, 0.25) is 0 Å². The van der Waals surface area contributed by atoms with Crippen molar-refractivity contribution >= 4 is 5.69 Å². The highest BCUT2D eigenvalue weighted by Gasteiger charge is 2.19. The molecule has 2 rings (SSSR count). The molecule has 1 aliphatic heterocycles. The van der Waals surface area contributed by atoms with E-state index in [2.05, 4.69) is 24.1 Å². The SMILES string of the molecule is COc1cc([C@H]2CCCN(C)C2)ccc1N. The topological polar surface area (TPSA) is 38.5 Å². The molecule has 1 aromatic rings. The van der Waals surface area contributed by atoms with Gasteiger partial charge < -0.3 is 15.4 Å². The fourth-order valence-corrected chi connectivity index (χ4v) is 2.42. The number of benzene rings is 1. The molecule has 1 aliphatic rings. The second-order valence-corrected chi connectivity index (χ2v) is 4.60. The number of methoxy groups -OCH3 is 1. The lowest BCUT2D eigenvalue weighted by Crippen LogP contribution is -2.30. The van der Waals surface area contributed by atoms with E-state index in [-0.39, 0.29) is 0 Å². The van der Waals surface area contributed by atoms with Gasteiger partial charge in [0.05, 0.1) is 12.8 Å². The molecule has 0 amide bonds. The third kappa shape index (κ3) is 2.30. The van der Waals surface area contributed by atoms with Crippen molar-refractivity contribution in [1.29, 1.82) is 0 Å². The lowest BCUT2D eigenvalue weighted by molar-refractivity contribution is 0.250. The Hall–Kier alpha value is -1.22. The maximum Gasteiger partial charge on any atom is 0.142 e. The number of ether oxygens (including phenoxy) is 1. The van der Waals surface area contributed by atoms with E-state index in [0.717, 1.165) is 18.0 Å². The Balaban J connectivity index is 2.19. The normalized spacial score (nSPS) is 22.0. The van der Waals surface area contributed by atoms with Gasteiger partial charge in [0.1, 0.15) is 5.75 Å². The average molecular weight is 220 g/mol. The lowest BCUT2D eigenvalue weighted by Gasteiger charge is -2.30. The van der Waals surface area contributed by atoms with Crippen LogP contribution in [0.3, 0.4) is 0 Å². The third-order valence-corrected chi connectivity index (χ3v) is 3.35. The number of nitrogens with two attached hydrogens (primary N) is 1. The van der Waals surface area contributed by atoms with Crippen LogP contribution < -0.4 is 10.5 Å². The van der Waals surface area contributed by atoms with Gasteiger partial charge in [0.2, 0.25) is 0 Å². The minimum atomic E-state index is 0.619. The molecule has 1 fully saturated rings. The third-order valence-electron chi connectivity index (χ3n) is 3.35. The van der Waals surface area contributed by atoms with Gasteiger partial charge >= 0.3 is 0 Å². The summed E-state index contributed by atoms with van der Waals surface area (Å²) < 4.78 is 5.26. The molecule has 1 atom stereocenters. The number of hydrogen-bond donors (Lipinski definition) is 1. The van der Waals surface area contributed by atoms with Crippen LogP contribution in [0.5, 0.6) is 5.75 Å². The molecule has 3 heteroatoms. The number of likely N-dealkylation sites (N-methyl/N-ethyl adjacent to an activating group) is 1. The van der Waals surface area contributed by atoms with Crippen LogP contribution in [-0.2, 0) is 0 Å². The number of likely N-dealkylation sites (tertiary alicyclic amines) is 1. The fraction of sp³-hybridized carbons (Fsp3) is 0.538. The number of rotatable bonds is 2. The van der Waals surface area contributed by atoms with E-state index >= 15 is 0 Å².